The number of nitrogens with one attached hydrogen (secondary N) is 1. The second kappa shape index (κ2) is 4.80. The molecule has 2 aliphatic rings. The highest BCUT2D eigenvalue weighted by molar-refractivity contribution is 5.66. The lowest BCUT2D eigenvalue weighted by Gasteiger charge is -2.19. The second-order valence-electron chi connectivity index (χ2n) is 5.66. The molecular formula is C13H24N5+. The molecular weight excluding hydrogens is 226 g/mol. The first kappa shape index (κ1) is 11.8. The van der Waals surface area contributed by atoms with E-state index in [2.05, 4.69) is 16.6 Å². The number of anilines is 2. The average molecular weight is 250 g/mol. The lowest BCUT2D eigenvalue weighted by Crippen LogP contribution is -3.09. The van der Waals surface area contributed by atoms with Gasteiger partial charge in [-0.05, 0) is 19.3 Å². The number of rotatable bonds is 1. The SMILES string of the molecule is C[NH+]1CCCN(c2nn3c(c2N)CCCC3)CC1. The molecule has 1 atom stereocenters. The summed E-state index contributed by atoms with van der Waals surface area (Å²) in [5.41, 5.74) is 8.51. The van der Waals surface area contributed by atoms with Crippen LogP contribution in [0.5, 0.6) is 0 Å². The first-order valence-corrected chi connectivity index (χ1v) is 7.17. The molecule has 5 nitrogen and oxygen atoms in total. The summed E-state index contributed by atoms with van der Waals surface area (Å²) in [6.07, 6.45) is 4.81. The van der Waals surface area contributed by atoms with E-state index in [9.17, 15) is 0 Å². The highest BCUT2D eigenvalue weighted by Gasteiger charge is 2.24. The molecule has 1 aromatic rings. The minimum Gasteiger partial charge on any atom is -0.394 e. The van der Waals surface area contributed by atoms with E-state index in [1.807, 2.05) is 0 Å². The van der Waals surface area contributed by atoms with Crippen molar-refractivity contribution in [1.29, 1.82) is 0 Å². The van der Waals surface area contributed by atoms with Gasteiger partial charge in [0.15, 0.2) is 5.82 Å². The molecule has 0 saturated carbocycles. The molecule has 100 valence electrons. The number of nitrogens with zero attached hydrogens (tertiary/aromatic N) is 3. The van der Waals surface area contributed by atoms with E-state index in [1.165, 1.54) is 38.0 Å². The molecule has 0 amide bonds. The van der Waals surface area contributed by atoms with Crippen molar-refractivity contribution in [3.05, 3.63) is 5.69 Å². The predicted molar refractivity (Wildman–Crippen MR) is 73.0 cm³/mol. The van der Waals surface area contributed by atoms with Crippen LogP contribution >= 0.6 is 0 Å². The van der Waals surface area contributed by atoms with Crippen molar-refractivity contribution in [2.45, 2.75) is 32.2 Å². The van der Waals surface area contributed by atoms with Crippen LogP contribution in [0.15, 0.2) is 0 Å². The van der Waals surface area contributed by atoms with Crippen molar-refractivity contribution in [3.8, 4) is 0 Å². The van der Waals surface area contributed by atoms with E-state index in [-0.39, 0.29) is 0 Å². The van der Waals surface area contributed by atoms with Crippen LogP contribution in [0.25, 0.3) is 0 Å². The normalized spacial score (nSPS) is 24.7. The summed E-state index contributed by atoms with van der Waals surface area (Å²) in [7, 11) is 2.27. The summed E-state index contributed by atoms with van der Waals surface area (Å²) < 4.78 is 2.13. The maximum atomic E-state index is 6.31. The van der Waals surface area contributed by atoms with Gasteiger partial charge >= 0.3 is 0 Å². The number of hydrogen-bond donors (Lipinski definition) is 2. The van der Waals surface area contributed by atoms with Crippen molar-refractivity contribution in [2.75, 3.05) is 43.9 Å². The van der Waals surface area contributed by atoms with Crippen molar-refractivity contribution >= 4 is 11.5 Å². The average Bonchev–Trinajstić information content (AvgIpc) is 2.57. The molecule has 1 aromatic heterocycles. The second-order valence-corrected chi connectivity index (χ2v) is 5.66. The highest BCUT2D eigenvalue weighted by Crippen LogP contribution is 2.29. The number of nitrogens with two attached hydrogens (primary N) is 1. The zero-order valence-corrected chi connectivity index (χ0v) is 11.3. The number of hydrogen-bond acceptors (Lipinski definition) is 3. The smallest absolute Gasteiger partial charge is 0.174 e. The Bertz CT molecular complexity index is 425. The monoisotopic (exact) mass is 250 g/mol. The van der Waals surface area contributed by atoms with Crippen LogP contribution in [0.3, 0.4) is 0 Å². The number of quaternary nitrogens is 1. The Balaban J connectivity index is 1.85. The quantitative estimate of drug-likeness (QED) is 0.708. The number of fused-ring (bicyclic) bond motifs is 1. The summed E-state index contributed by atoms with van der Waals surface area (Å²) in [6.45, 7) is 5.65. The number of likely N-dealkylation sites (N-methyl/N-ethyl adjacent to an activating group) is 1. The van der Waals surface area contributed by atoms with Gasteiger partial charge in [0, 0.05) is 19.5 Å². The summed E-state index contributed by atoms with van der Waals surface area (Å²) >= 11 is 0. The fourth-order valence-corrected chi connectivity index (χ4v) is 3.08. The van der Waals surface area contributed by atoms with Crippen LogP contribution in [-0.2, 0) is 13.0 Å². The largest absolute Gasteiger partial charge is 0.394 e. The van der Waals surface area contributed by atoms with E-state index in [1.54, 1.807) is 4.90 Å². The number of aryl methyl sites for hydroxylation is 1. The number of aromatic nitrogens is 2. The van der Waals surface area contributed by atoms with Crippen LogP contribution in [0.4, 0.5) is 11.5 Å². The Hall–Kier alpha value is -1.23. The molecule has 0 aromatic carbocycles. The van der Waals surface area contributed by atoms with E-state index < -0.39 is 0 Å². The Morgan fingerprint density at radius 2 is 2.00 bits per heavy atom. The first-order valence-electron chi connectivity index (χ1n) is 7.17. The lowest BCUT2D eigenvalue weighted by atomic mass is 10.1. The zero-order valence-electron chi connectivity index (χ0n) is 11.3. The lowest BCUT2D eigenvalue weighted by molar-refractivity contribution is -0.876. The topological polar surface area (TPSA) is 51.5 Å². The van der Waals surface area contributed by atoms with Gasteiger partial charge in [0.2, 0.25) is 0 Å². The molecule has 1 fully saturated rings. The van der Waals surface area contributed by atoms with E-state index in [4.69, 9.17) is 10.8 Å². The van der Waals surface area contributed by atoms with Gasteiger partial charge in [0.25, 0.3) is 0 Å². The summed E-state index contributed by atoms with van der Waals surface area (Å²) in [4.78, 5) is 4.00. The van der Waals surface area contributed by atoms with Gasteiger partial charge in [-0.15, -0.1) is 0 Å². The standard InChI is InChI=1S/C13H23N5/c1-16-6-4-7-17(10-9-16)13-12(14)11-5-2-3-8-18(11)15-13/h2-10,14H2,1H3/p+1. The van der Waals surface area contributed by atoms with Crippen molar-refractivity contribution < 1.29 is 4.90 Å². The Morgan fingerprint density at radius 3 is 2.83 bits per heavy atom. The van der Waals surface area contributed by atoms with Gasteiger partial charge in [0.1, 0.15) is 0 Å². The van der Waals surface area contributed by atoms with E-state index >= 15 is 0 Å². The third-order valence-corrected chi connectivity index (χ3v) is 4.25. The summed E-state index contributed by atoms with van der Waals surface area (Å²) in [6, 6.07) is 0. The first-order chi connectivity index (χ1) is 8.75. The number of nitrogen functional groups attached to an aromatic ring is 1. The summed E-state index contributed by atoms with van der Waals surface area (Å²) in [5, 5.41) is 4.75. The molecule has 0 bridgehead atoms. The van der Waals surface area contributed by atoms with Gasteiger partial charge in [-0.3, -0.25) is 4.68 Å². The molecule has 3 rings (SSSR count). The molecule has 1 saturated heterocycles. The zero-order chi connectivity index (χ0) is 12.5. The van der Waals surface area contributed by atoms with Crippen LogP contribution in [0.1, 0.15) is 25.0 Å². The molecule has 1 unspecified atom stereocenters. The van der Waals surface area contributed by atoms with Crippen LogP contribution < -0.4 is 15.5 Å². The van der Waals surface area contributed by atoms with Crippen LogP contribution in [0, 0.1) is 0 Å². The molecule has 0 spiro atoms. The summed E-state index contributed by atoms with van der Waals surface area (Å²) in [5.74, 6) is 1.04. The highest BCUT2D eigenvalue weighted by atomic mass is 15.4. The Kier molecular flexibility index (Phi) is 3.16. The maximum Gasteiger partial charge on any atom is 0.174 e. The molecule has 0 aliphatic carbocycles. The minimum absolute atomic E-state index is 0.939. The third kappa shape index (κ3) is 2.07. The van der Waals surface area contributed by atoms with Crippen molar-refractivity contribution in [3.63, 3.8) is 0 Å². The van der Waals surface area contributed by atoms with Gasteiger partial charge in [-0.2, -0.15) is 5.10 Å². The molecule has 0 radical (unpaired) electrons. The predicted octanol–water partition coefficient (Wildman–Crippen LogP) is -0.474. The third-order valence-electron chi connectivity index (χ3n) is 4.25. The minimum atomic E-state index is 0.939. The van der Waals surface area contributed by atoms with Crippen molar-refractivity contribution in [2.24, 2.45) is 0 Å². The molecule has 3 heterocycles. The van der Waals surface area contributed by atoms with Crippen LogP contribution in [-0.4, -0.2) is 43.0 Å². The Labute approximate surface area is 109 Å². The van der Waals surface area contributed by atoms with Gasteiger partial charge in [-0.1, -0.05) is 0 Å². The Morgan fingerprint density at radius 1 is 1.11 bits per heavy atom. The fourth-order valence-electron chi connectivity index (χ4n) is 3.08. The maximum absolute atomic E-state index is 6.31. The molecule has 5 heteroatoms. The van der Waals surface area contributed by atoms with Crippen LogP contribution in [0.2, 0.25) is 0 Å². The van der Waals surface area contributed by atoms with Gasteiger partial charge < -0.3 is 15.5 Å². The molecule has 3 N–H and O–H groups in total. The van der Waals surface area contributed by atoms with Crippen molar-refractivity contribution in [1.82, 2.24) is 9.78 Å². The molecule has 2 aliphatic heterocycles. The van der Waals surface area contributed by atoms with E-state index in [0.717, 1.165) is 37.6 Å². The van der Waals surface area contributed by atoms with Gasteiger partial charge in [0.05, 0.1) is 38.1 Å². The molecule has 18 heavy (non-hydrogen) atoms. The fraction of sp³-hybridized carbons (Fsp3) is 0.769. The van der Waals surface area contributed by atoms with E-state index in [0.29, 0.717) is 0 Å². The van der Waals surface area contributed by atoms with Gasteiger partial charge in [-0.25, -0.2) is 0 Å².